The number of anilines is 1. The van der Waals surface area contributed by atoms with E-state index in [0.29, 0.717) is 18.2 Å². The fourth-order valence-corrected chi connectivity index (χ4v) is 3.43. The first-order valence-electron chi connectivity index (χ1n) is 8.73. The van der Waals surface area contributed by atoms with Crippen molar-refractivity contribution in [3.8, 4) is 5.75 Å². The summed E-state index contributed by atoms with van der Waals surface area (Å²) >= 11 is 15.5. The van der Waals surface area contributed by atoms with Crippen LogP contribution in [0.25, 0.3) is 0 Å². The van der Waals surface area contributed by atoms with Gasteiger partial charge in [-0.2, -0.15) is 0 Å². The van der Waals surface area contributed by atoms with Crippen molar-refractivity contribution in [1.82, 2.24) is 4.90 Å². The fourth-order valence-electron chi connectivity index (χ4n) is 2.72. The highest BCUT2D eigenvalue weighted by Crippen LogP contribution is 2.21. The summed E-state index contributed by atoms with van der Waals surface area (Å²) in [6.07, 6.45) is 0. The molecule has 0 spiro atoms. The van der Waals surface area contributed by atoms with Crippen LogP contribution in [-0.4, -0.2) is 17.1 Å². The second-order valence-electron chi connectivity index (χ2n) is 6.23. The van der Waals surface area contributed by atoms with Gasteiger partial charge < -0.3 is 15.0 Å². The zero-order valence-corrected chi connectivity index (χ0v) is 18.5. The van der Waals surface area contributed by atoms with Crippen molar-refractivity contribution in [3.63, 3.8) is 0 Å². The van der Waals surface area contributed by atoms with Gasteiger partial charge in [0.15, 0.2) is 5.11 Å². The summed E-state index contributed by atoms with van der Waals surface area (Å²) in [4.78, 5) is 2.10. The van der Waals surface area contributed by atoms with E-state index in [1.54, 1.807) is 7.11 Å². The van der Waals surface area contributed by atoms with Gasteiger partial charge in [-0.25, -0.2) is 0 Å². The molecule has 0 atom stereocenters. The van der Waals surface area contributed by atoms with Crippen LogP contribution in [0.4, 0.5) is 5.69 Å². The number of hydrogen-bond donors (Lipinski definition) is 1. The van der Waals surface area contributed by atoms with E-state index in [2.05, 4.69) is 26.1 Å². The first kappa shape index (κ1) is 20.6. The second kappa shape index (κ2) is 9.92. The van der Waals surface area contributed by atoms with Gasteiger partial charge in [0.2, 0.25) is 0 Å². The van der Waals surface area contributed by atoms with E-state index in [9.17, 15) is 0 Å². The van der Waals surface area contributed by atoms with E-state index in [1.807, 2.05) is 72.8 Å². The average molecular weight is 476 g/mol. The van der Waals surface area contributed by atoms with E-state index < -0.39 is 0 Å². The summed E-state index contributed by atoms with van der Waals surface area (Å²) < 4.78 is 6.27. The van der Waals surface area contributed by atoms with Crippen LogP contribution in [0.1, 0.15) is 11.1 Å². The van der Waals surface area contributed by atoms with Crippen LogP contribution in [0.15, 0.2) is 77.3 Å². The molecule has 144 valence electrons. The lowest BCUT2D eigenvalue weighted by molar-refractivity contribution is 0.407. The minimum Gasteiger partial charge on any atom is -0.497 e. The zero-order valence-electron chi connectivity index (χ0n) is 15.4. The van der Waals surface area contributed by atoms with Gasteiger partial charge in [0, 0.05) is 28.3 Å². The molecule has 0 saturated carbocycles. The molecule has 3 rings (SSSR count). The lowest BCUT2D eigenvalue weighted by atomic mass is 10.1. The number of methoxy groups -OCH3 is 1. The predicted molar refractivity (Wildman–Crippen MR) is 124 cm³/mol. The van der Waals surface area contributed by atoms with Crippen molar-refractivity contribution in [2.24, 2.45) is 0 Å². The highest BCUT2D eigenvalue weighted by Gasteiger charge is 2.13. The Bertz CT molecular complexity index is 932. The third kappa shape index (κ3) is 5.71. The van der Waals surface area contributed by atoms with Crippen molar-refractivity contribution in [1.29, 1.82) is 0 Å². The van der Waals surface area contributed by atoms with Crippen LogP contribution in [0.3, 0.4) is 0 Å². The molecule has 0 heterocycles. The minimum absolute atomic E-state index is 0.605. The molecular formula is C22H20BrClN2OS. The maximum atomic E-state index is 6.38. The lowest BCUT2D eigenvalue weighted by Gasteiger charge is -2.27. The number of ether oxygens (including phenoxy) is 1. The fraction of sp³-hybridized carbons (Fsp3) is 0.136. The van der Waals surface area contributed by atoms with E-state index in [-0.39, 0.29) is 0 Å². The summed E-state index contributed by atoms with van der Waals surface area (Å²) in [5, 5.41) is 4.69. The third-order valence-electron chi connectivity index (χ3n) is 4.23. The summed E-state index contributed by atoms with van der Waals surface area (Å²) in [6.45, 7) is 1.26. The van der Waals surface area contributed by atoms with Crippen molar-refractivity contribution < 1.29 is 4.74 Å². The Morgan fingerprint density at radius 3 is 2.32 bits per heavy atom. The van der Waals surface area contributed by atoms with Gasteiger partial charge in [-0.3, -0.25) is 0 Å². The number of rotatable bonds is 6. The van der Waals surface area contributed by atoms with Gasteiger partial charge in [-0.1, -0.05) is 57.9 Å². The minimum atomic E-state index is 0.605. The molecule has 0 aliphatic rings. The Labute approximate surface area is 184 Å². The molecule has 1 N–H and O–H groups in total. The van der Waals surface area contributed by atoms with Gasteiger partial charge in [0.25, 0.3) is 0 Å². The molecule has 3 aromatic rings. The molecule has 0 radical (unpaired) electrons. The van der Waals surface area contributed by atoms with E-state index in [1.165, 1.54) is 0 Å². The largest absolute Gasteiger partial charge is 0.497 e. The molecule has 0 amide bonds. The van der Waals surface area contributed by atoms with Crippen molar-refractivity contribution in [2.45, 2.75) is 13.1 Å². The number of halogens is 2. The monoisotopic (exact) mass is 474 g/mol. The highest BCUT2D eigenvalue weighted by molar-refractivity contribution is 9.10. The summed E-state index contributed by atoms with van der Waals surface area (Å²) in [7, 11) is 1.66. The molecule has 3 aromatic carbocycles. The van der Waals surface area contributed by atoms with Gasteiger partial charge in [0.1, 0.15) is 5.75 Å². The third-order valence-corrected chi connectivity index (χ3v) is 5.49. The standard InChI is InChI=1S/C22H20BrClN2OS/c1-27-20-12-6-16(7-13-20)14-26(15-17-4-2-3-5-21(17)24)22(28)25-19-10-8-18(23)9-11-19/h2-13H,14-15H2,1H3,(H,25,28). The Morgan fingerprint density at radius 2 is 1.68 bits per heavy atom. The predicted octanol–water partition coefficient (Wildman–Crippen LogP) is 6.51. The van der Waals surface area contributed by atoms with Gasteiger partial charge in [-0.05, 0) is 65.8 Å². The van der Waals surface area contributed by atoms with Gasteiger partial charge in [-0.15, -0.1) is 0 Å². The summed E-state index contributed by atoms with van der Waals surface area (Å²) in [6, 6.07) is 23.7. The molecule has 0 bridgehead atoms. The lowest BCUT2D eigenvalue weighted by Crippen LogP contribution is -2.33. The van der Waals surface area contributed by atoms with Crippen molar-refractivity contribution in [3.05, 3.63) is 93.4 Å². The molecule has 0 aromatic heterocycles. The summed E-state index contributed by atoms with van der Waals surface area (Å²) in [5.74, 6) is 0.831. The Morgan fingerprint density at radius 1 is 1.00 bits per heavy atom. The Hall–Kier alpha value is -2.08. The van der Waals surface area contributed by atoms with Gasteiger partial charge >= 0.3 is 0 Å². The van der Waals surface area contributed by atoms with E-state index >= 15 is 0 Å². The molecular weight excluding hydrogens is 456 g/mol. The first-order valence-corrected chi connectivity index (χ1v) is 10.3. The van der Waals surface area contributed by atoms with Gasteiger partial charge in [0.05, 0.1) is 7.11 Å². The number of benzene rings is 3. The number of nitrogens with one attached hydrogen (secondary N) is 1. The molecule has 6 heteroatoms. The second-order valence-corrected chi connectivity index (χ2v) is 7.94. The highest BCUT2D eigenvalue weighted by atomic mass is 79.9. The quantitative estimate of drug-likeness (QED) is 0.411. The number of nitrogens with zero attached hydrogens (tertiary/aromatic N) is 1. The van der Waals surface area contributed by atoms with Crippen LogP contribution in [-0.2, 0) is 13.1 Å². The topological polar surface area (TPSA) is 24.5 Å². The van der Waals surface area contributed by atoms with Crippen LogP contribution < -0.4 is 10.1 Å². The van der Waals surface area contributed by atoms with Crippen LogP contribution in [0.5, 0.6) is 5.75 Å². The van der Waals surface area contributed by atoms with E-state index in [0.717, 1.165) is 32.1 Å². The van der Waals surface area contributed by atoms with E-state index in [4.69, 9.17) is 28.6 Å². The maximum Gasteiger partial charge on any atom is 0.174 e. The SMILES string of the molecule is COc1ccc(CN(Cc2ccccc2Cl)C(=S)Nc2ccc(Br)cc2)cc1. The Balaban J connectivity index is 1.80. The number of thiocarbonyl (C=S) groups is 1. The molecule has 0 aliphatic carbocycles. The molecule has 0 saturated heterocycles. The first-order chi connectivity index (χ1) is 13.5. The smallest absolute Gasteiger partial charge is 0.174 e. The maximum absolute atomic E-state index is 6.38. The van der Waals surface area contributed by atoms with Crippen molar-refractivity contribution in [2.75, 3.05) is 12.4 Å². The molecule has 3 nitrogen and oxygen atoms in total. The molecule has 28 heavy (non-hydrogen) atoms. The Kier molecular flexibility index (Phi) is 7.31. The zero-order chi connectivity index (χ0) is 19.9. The number of hydrogen-bond acceptors (Lipinski definition) is 2. The molecule has 0 aliphatic heterocycles. The summed E-state index contributed by atoms with van der Waals surface area (Å²) in [5.41, 5.74) is 3.09. The van der Waals surface area contributed by atoms with Crippen LogP contribution in [0, 0.1) is 0 Å². The molecule has 0 fully saturated rings. The van der Waals surface area contributed by atoms with Crippen molar-refractivity contribution >= 4 is 50.5 Å². The normalized spacial score (nSPS) is 10.4. The van der Waals surface area contributed by atoms with Crippen LogP contribution >= 0.6 is 39.7 Å². The molecule has 0 unspecified atom stereocenters. The average Bonchev–Trinajstić information content (AvgIpc) is 2.71. The van der Waals surface area contributed by atoms with Crippen LogP contribution in [0.2, 0.25) is 5.02 Å².